The van der Waals surface area contributed by atoms with Gasteiger partial charge in [-0.15, -0.1) is 24.0 Å². The molecule has 0 bridgehead atoms. The number of nitrogens with zero attached hydrogens (tertiary/aromatic N) is 3. The van der Waals surface area contributed by atoms with Crippen molar-refractivity contribution in [2.75, 3.05) is 63.6 Å². The maximum atomic E-state index is 5.56. The molecule has 0 aliphatic carbocycles. The smallest absolute Gasteiger partial charge is 0.194 e. The van der Waals surface area contributed by atoms with Gasteiger partial charge in [-0.1, -0.05) is 18.2 Å². The largest absolute Gasteiger partial charge is 0.381 e. The van der Waals surface area contributed by atoms with Crippen LogP contribution in [0.15, 0.2) is 35.3 Å². The van der Waals surface area contributed by atoms with Gasteiger partial charge in [0.2, 0.25) is 0 Å². The van der Waals surface area contributed by atoms with E-state index in [1.54, 1.807) is 0 Å². The molecule has 1 aromatic carbocycles. The number of hydrogen-bond donors (Lipinski definition) is 1. The Kier molecular flexibility index (Phi) is 9.52. The van der Waals surface area contributed by atoms with Gasteiger partial charge >= 0.3 is 0 Å². The van der Waals surface area contributed by atoms with Crippen LogP contribution in [-0.2, 0) is 4.74 Å². The number of benzene rings is 1. The molecule has 0 radical (unpaired) electrons. The fourth-order valence-corrected chi connectivity index (χ4v) is 4.40. The molecule has 0 aromatic heterocycles. The molecule has 2 heterocycles. The van der Waals surface area contributed by atoms with Gasteiger partial charge in [-0.2, -0.15) is 11.8 Å². The predicted octanol–water partition coefficient (Wildman–Crippen LogP) is 3.30. The molecule has 5 nitrogen and oxygen atoms in total. The summed E-state index contributed by atoms with van der Waals surface area (Å²) in [5.74, 6) is 1.07. The first-order valence-corrected chi connectivity index (χ1v) is 10.9. The Morgan fingerprint density at radius 2 is 1.81 bits per heavy atom. The molecule has 1 N–H and O–H groups in total. The first-order chi connectivity index (χ1) is 12.8. The molecular weight excluding hydrogens is 471 g/mol. The van der Waals surface area contributed by atoms with Crippen LogP contribution >= 0.6 is 35.7 Å². The number of anilines is 1. The van der Waals surface area contributed by atoms with Crippen LogP contribution in [0.4, 0.5) is 5.69 Å². The van der Waals surface area contributed by atoms with E-state index in [9.17, 15) is 0 Å². The van der Waals surface area contributed by atoms with Crippen molar-refractivity contribution in [3.05, 3.63) is 30.3 Å². The molecule has 7 heteroatoms. The normalized spacial score (nSPS) is 20.1. The molecule has 1 aromatic rings. The van der Waals surface area contributed by atoms with Gasteiger partial charge in [0.05, 0.1) is 6.54 Å². The lowest BCUT2D eigenvalue weighted by atomic mass is 9.99. The number of ether oxygens (including phenoxy) is 1. The van der Waals surface area contributed by atoms with Crippen LogP contribution in [0, 0.1) is 0 Å². The first kappa shape index (κ1) is 22.6. The number of aliphatic imine (C=N–C) groups is 1. The third-order valence-corrected chi connectivity index (χ3v) is 6.79. The van der Waals surface area contributed by atoms with Crippen LogP contribution in [-0.4, -0.2) is 74.3 Å². The van der Waals surface area contributed by atoms with Crippen LogP contribution in [0.1, 0.15) is 19.8 Å². The molecule has 0 unspecified atom stereocenters. The molecule has 27 heavy (non-hydrogen) atoms. The summed E-state index contributed by atoms with van der Waals surface area (Å²) in [5, 5.41) is 3.50. The predicted molar refractivity (Wildman–Crippen MR) is 128 cm³/mol. The summed E-state index contributed by atoms with van der Waals surface area (Å²) in [6.07, 6.45) is 4.41. The summed E-state index contributed by atoms with van der Waals surface area (Å²) < 4.78 is 5.80. The number of hydrogen-bond acceptors (Lipinski definition) is 4. The quantitative estimate of drug-likeness (QED) is 0.379. The van der Waals surface area contributed by atoms with Crippen molar-refractivity contribution in [2.45, 2.75) is 24.5 Å². The van der Waals surface area contributed by atoms with Gasteiger partial charge in [0.15, 0.2) is 5.96 Å². The van der Waals surface area contributed by atoms with E-state index in [0.717, 1.165) is 71.3 Å². The SMILES string of the molecule is CCNC(=NCC1(SC)CCOCC1)N1CCN(c2ccccc2)CC1.I. The van der Waals surface area contributed by atoms with E-state index in [1.165, 1.54) is 5.69 Å². The van der Waals surface area contributed by atoms with Crippen molar-refractivity contribution < 1.29 is 4.74 Å². The zero-order valence-corrected chi connectivity index (χ0v) is 19.7. The lowest BCUT2D eigenvalue weighted by molar-refractivity contribution is 0.0793. The van der Waals surface area contributed by atoms with Gasteiger partial charge in [-0.25, -0.2) is 0 Å². The third kappa shape index (κ3) is 6.15. The molecule has 0 amide bonds. The monoisotopic (exact) mass is 504 g/mol. The second kappa shape index (κ2) is 11.4. The molecular formula is C20H33IN4OS. The van der Waals surface area contributed by atoms with Crippen LogP contribution in [0.5, 0.6) is 0 Å². The molecule has 0 atom stereocenters. The van der Waals surface area contributed by atoms with Crippen LogP contribution in [0.25, 0.3) is 0 Å². The zero-order chi connectivity index (χ0) is 18.2. The Hall–Kier alpha value is -0.670. The first-order valence-electron chi connectivity index (χ1n) is 9.72. The number of nitrogens with one attached hydrogen (secondary N) is 1. The maximum absolute atomic E-state index is 5.56. The van der Waals surface area contributed by atoms with Crippen molar-refractivity contribution in [2.24, 2.45) is 4.99 Å². The van der Waals surface area contributed by atoms with Crippen molar-refractivity contribution in [3.63, 3.8) is 0 Å². The lowest BCUT2D eigenvalue weighted by Crippen LogP contribution is -2.53. The van der Waals surface area contributed by atoms with E-state index >= 15 is 0 Å². The highest BCUT2D eigenvalue weighted by Crippen LogP contribution is 2.34. The second-order valence-electron chi connectivity index (χ2n) is 6.98. The highest BCUT2D eigenvalue weighted by atomic mass is 127. The molecule has 2 aliphatic rings. The minimum atomic E-state index is 0. The van der Waals surface area contributed by atoms with Crippen molar-refractivity contribution >= 4 is 47.4 Å². The van der Waals surface area contributed by atoms with E-state index < -0.39 is 0 Å². The molecule has 152 valence electrons. The highest BCUT2D eigenvalue weighted by Gasteiger charge is 2.32. The lowest BCUT2D eigenvalue weighted by Gasteiger charge is -2.39. The number of halogens is 1. The van der Waals surface area contributed by atoms with Gasteiger partial charge in [0, 0.05) is 56.4 Å². The average molecular weight is 504 g/mol. The van der Waals surface area contributed by atoms with Crippen LogP contribution < -0.4 is 10.2 Å². The van der Waals surface area contributed by atoms with E-state index in [4.69, 9.17) is 9.73 Å². The van der Waals surface area contributed by atoms with E-state index in [0.29, 0.717) is 0 Å². The average Bonchev–Trinajstić information content (AvgIpc) is 2.72. The van der Waals surface area contributed by atoms with E-state index in [2.05, 4.69) is 58.6 Å². The Morgan fingerprint density at radius 1 is 1.15 bits per heavy atom. The molecule has 3 rings (SSSR count). The van der Waals surface area contributed by atoms with E-state index in [1.807, 2.05) is 11.8 Å². The topological polar surface area (TPSA) is 40.1 Å². The van der Waals surface area contributed by atoms with Crippen LogP contribution in [0.3, 0.4) is 0 Å². The molecule has 2 aliphatic heterocycles. The molecule has 2 saturated heterocycles. The summed E-state index contributed by atoms with van der Waals surface area (Å²) in [5.41, 5.74) is 1.32. The van der Waals surface area contributed by atoms with Gasteiger partial charge in [-0.05, 0) is 38.2 Å². The minimum absolute atomic E-state index is 0. The Balaban J connectivity index is 0.00000261. The van der Waals surface area contributed by atoms with Crippen LogP contribution in [0.2, 0.25) is 0 Å². The van der Waals surface area contributed by atoms with Gasteiger partial charge < -0.3 is 19.9 Å². The number of rotatable bonds is 5. The number of para-hydroxylation sites is 1. The van der Waals surface area contributed by atoms with Crippen molar-refractivity contribution in [1.29, 1.82) is 0 Å². The van der Waals surface area contributed by atoms with E-state index in [-0.39, 0.29) is 28.7 Å². The molecule has 0 saturated carbocycles. The Labute approximate surface area is 185 Å². The third-order valence-electron chi connectivity index (χ3n) is 5.39. The minimum Gasteiger partial charge on any atom is -0.381 e. The fraction of sp³-hybridized carbons (Fsp3) is 0.650. The summed E-state index contributed by atoms with van der Waals surface area (Å²) in [7, 11) is 0. The molecule has 0 spiro atoms. The molecule has 2 fully saturated rings. The van der Waals surface area contributed by atoms with Gasteiger partial charge in [-0.3, -0.25) is 4.99 Å². The second-order valence-corrected chi connectivity index (χ2v) is 8.25. The van der Waals surface area contributed by atoms with Crippen molar-refractivity contribution in [3.8, 4) is 0 Å². The standard InChI is InChI=1S/C20H32N4OS.HI/c1-3-21-19(22-17-20(26-2)9-15-25-16-10-20)24-13-11-23(12-14-24)18-7-5-4-6-8-18;/h4-8H,3,9-17H2,1-2H3,(H,21,22);1H. The fourth-order valence-electron chi connectivity index (χ4n) is 3.63. The van der Waals surface area contributed by atoms with Gasteiger partial charge in [0.25, 0.3) is 0 Å². The number of piperazine rings is 1. The Morgan fingerprint density at radius 3 is 2.41 bits per heavy atom. The Bertz CT molecular complexity index is 573. The number of guanidine groups is 1. The zero-order valence-electron chi connectivity index (χ0n) is 16.5. The number of thioether (sulfide) groups is 1. The summed E-state index contributed by atoms with van der Waals surface area (Å²) in [6.45, 7) is 9.75. The maximum Gasteiger partial charge on any atom is 0.194 e. The van der Waals surface area contributed by atoms with Gasteiger partial charge in [0.1, 0.15) is 0 Å². The highest BCUT2D eigenvalue weighted by molar-refractivity contribution is 14.0. The summed E-state index contributed by atoms with van der Waals surface area (Å²) in [4.78, 5) is 9.91. The summed E-state index contributed by atoms with van der Waals surface area (Å²) in [6, 6.07) is 10.7. The van der Waals surface area contributed by atoms with Crippen molar-refractivity contribution in [1.82, 2.24) is 10.2 Å². The summed E-state index contributed by atoms with van der Waals surface area (Å²) >= 11 is 1.96.